The molecule has 2 aliphatic rings. The third kappa shape index (κ3) is 4.25. The van der Waals surface area contributed by atoms with E-state index in [4.69, 9.17) is 0 Å². The largest absolute Gasteiger partial charge is 0.341 e. The molecule has 2 fully saturated rings. The van der Waals surface area contributed by atoms with Gasteiger partial charge in [-0.25, -0.2) is 0 Å². The summed E-state index contributed by atoms with van der Waals surface area (Å²) in [6.07, 6.45) is 4.24. The monoisotopic (exact) mass is 351 g/mol. The molecule has 4 heteroatoms. The van der Waals surface area contributed by atoms with Crippen molar-refractivity contribution >= 4 is 16.7 Å². The van der Waals surface area contributed by atoms with E-state index in [-0.39, 0.29) is 0 Å². The van der Waals surface area contributed by atoms with Crippen LogP contribution in [0.4, 0.5) is 0 Å². The Balaban J connectivity index is 1.41. The van der Waals surface area contributed by atoms with E-state index in [9.17, 15) is 4.79 Å². The molecule has 138 valence electrons. The number of hydrogen-bond acceptors (Lipinski definition) is 3. The summed E-state index contributed by atoms with van der Waals surface area (Å²) in [5.74, 6) is 0.317. The Morgan fingerprint density at radius 3 is 2.81 bits per heavy atom. The second kappa shape index (κ2) is 8.19. The Labute approximate surface area is 156 Å². The molecule has 0 aromatic heterocycles. The average molecular weight is 351 g/mol. The van der Waals surface area contributed by atoms with Gasteiger partial charge >= 0.3 is 0 Å². The Morgan fingerprint density at radius 2 is 1.92 bits per heavy atom. The molecule has 26 heavy (non-hydrogen) atoms. The zero-order chi connectivity index (χ0) is 17.8. The van der Waals surface area contributed by atoms with E-state index < -0.39 is 0 Å². The summed E-state index contributed by atoms with van der Waals surface area (Å²) in [6.45, 7) is 5.52. The molecule has 2 aromatic carbocycles. The highest BCUT2D eigenvalue weighted by atomic mass is 16.2. The van der Waals surface area contributed by atoms with E-state index >= 15 is 0 Å². The van der Waals surface area contributed by atoms with Crippen molar-refractivity contribution in [3.05, 3.63) is 48.0 Å². The van der Waals surface area contributed by atoms with Gasteiger partial charge in [0, 0.05) is 45.2 Å². The van der Waals surface area contributed by atoms with Gasteiger partial charge in [-0.05, 0) is 42.1 Å². The van der Waals surface area contributed by atoms with Crippen LogP contribution in [0.3, 0.4) is 0 Å². The van der Waals surface area contributed by atoms with Gasteiger partial charge in [0.25, 0.3) is 0 Å². The number of amides is 1. The lowest BCUT2D eigenvalue weighted by Crippen LogP contribution is -2.37. The van der Waals surface area contributed by atoms with Crippen LogP contribution >= 0.6 is 0 Å². The number of nitrogens with zero attached hydrogens (tertiary/aromatic N) is 2. The highest BCUT2D eigenvalue weighted by Crippen LogP contribution is 2.30. The first-order chi connectivity index (χ1) is 12.8. The minimum Gasteiger partial charge on any atom is -0.341 e. The first-order valence-corrected chi connectivity index (χ1v) is 10.0. The summed E-state index contributed by atoms with van der Waals surface area (Å²) < 4.78 is 0. The molecule has 0 bridgehead atoms. The fourth-order valence-corrected chi connectivity index (χ4v) is 3.97. The predicted octanol–water partition coefficient (Wildman–Crippen LogP) is 3.02. The van der Waals surface area contributed by atoms with Gasteiger partial charge in [-0.1, -0.05) is 42.5 Å². The molecule has 0 atom stereocenters. The molecule has 1 heterocycles. The van der Waals surface area contributed by atoms with Gasteiger partial charge in [0.1, 0.15) is 0 Å². The number of carbonyl (C=O) groups excluding carboxylic acids is 1. The summed E-state index contributed by atoms with van der Waals surface area (Å²) in [5, 5.41) is 6.01. The van der Waals surface area contributed by atoms with Crippen LogP contribution in [-0.2, 0) is 11.3 Å². The van der Waals surface area contributed by atoms with Gasteiger partial charge in [0.2, 0.25) is 5.91 Å². The summed E-state index contributed by atoms with van der Waals surface area (Å²) in [5.41, 5.74) is 1.38. The van der Waals surface area contributed by atoms with Crippen LogP contribution in [-0.4, -0.2) is 54.5 Å². The third-order valence-electron chi connectivity index (χ3n) is 5.62. The zero-order valence-electron chi connectivity index (χ0n) is 15.5. The SMILES string of the molecule is O=C(CCN(Cc1cccc2ccccc12)C1CC1)N1CCCNCC1. The van der Waals surface area contributed by atoms with Crippen molar-refractivity contribution in [2.45, 2.75) is 38.3 Å². The number of hydrogen-bond donors (Lipinski definition) is 1. The van der Waals surface area contributed by atoms with Gasteiger partial charge in [-0.15, -0.1) is 0 Å². The standard InChI is InChI=1S/C22H29N3O/c26-22(24-14-4-12-23-13-16-24)11-15-25(20-9-10-20)17-19-7-3-6-18-5-1-2-8-21(18)19/h1-3,5-8,20,23H,4,9-17H2. The summed E-state index contributed by atoms with van der Waals surface area (Å²) in [7, 11) is 0. The second-order valence-electron chi connectivity index (χ2n) is 7.57. The van der Waals surface area contributed by atoms with Crippen LogP contribution in [0.5, 0.6) is 0 Å². The maximum Gasteiger partial charge on any atom is 0.223 e. The Bertz CT molecular complexity index is 743. The van der Waals surface area contributed by atoms with Crippen LogP contribution in [0, 0.1) is 0 Å². The van der Waals surface area contributed by atoms with Crippen molar-refractivity contribution in [2.24, 2.45) is 0 Å². The molecule has 0 radical (unpaired) electrons. The van der Waals surface area contributed by atoms with Crippen LogP contribution in [0.15, 0.2) is 42.5 Å². The van der Waals surface area contributed by atoms with Crippen LogP contribution in [0.25, 0.3) is 10.8 Å². The quantitative estimate of drug-likeness (QED) is 0.869. The van der Waals surface area contributed by atoms with E-state index in [1.54, 1.807) is 0 Å². The first kappa shape index (κ1) is 17.5. The molecule has 4 rings (SSSR count). The fourth-order valence-electron chi connectivity index (χ4n) is 3.97. The van der Waals surface area contributed by atoms with E-state index in [1.165, 1.54) is 29.2 Å². The molecule has 1 aliphatic carbocycles. The van der Waals surface area contributed by atoms with Crippen LogP contribution < -0.4 is 5.32 Å². The van der Waals surface area contributed by atoms with Gasteiger partial charge in [0.05, 0.1) is 0 Å². The topological polar surface area (TPSA) is 35.6 Å². The lowest BCUT2D eigenvalue weighted by Gasteiger charge is -2.25. The molecular formula is C22H29N3O. The van der Waals surface area contributed by atoms with E-state index in [0.717, 1.165) is 45.7 Å². The number of carbonyl (C=O) groups is 1. The van der Waals surface area contributed by atoms with Crippen LogP contribution in [0.2, 0.25) is 0 Å². The van der Waals surface area contributed by atoms with E-state index in [1.807, 2.05) is 4.90 Å². The molecule has 1 saturated heterocycles. The number of benzene rings is 2. The van der Waals surface area contributed by atoms with Crippen molar-refractivity contribution in [1.82, 2.24) is 15.1 Å². The summed E-state index contributed by atoms with van der Waals surface area (Å²) in [4.78, 5) is 17.2. The van der Waals surface area contributed by atoms with Crippen molar-refractivity contribution in [3.8, 4) is 0 Å². The lowest BCUT2D eigenvalue weighted by molar-refractivity contribution is -0.131. The van der Waals surface area contributed by atoms with Gasteiger partial charge in [-0.2, -0.15) is 0 Å². The normalized spacial score (nSPS) is 18.3. The first-order valence-electron chi connectivity index (χ1n) is 10.0. The molecule has 1 N–H and O–H groups in total. The van der Waals surface area contributed by atoms with E-state index in [2.05, 4.69) is 52.7 Å². The summed E-state index contributed by atoms with van der Waals surface area (Å²) >= 11 is 0. The second-order valence-corrected chi connectivity index (χ2v) is 7.57. The predicted molar refractivity (Wildman–Crippen MR) is 106 cm³/mol. The molecule has 1 amide bonds. The minimum atomic E-state index is 0.317. The molecule has 4 nitrogen and oxygen atoms in total. The Kier molecular flexibility index (Phi) is 5.51. The van der Waals surface area contributed by atoms with Crippen LogP contribution in [0.1, 0.15) is 31.2 Å². The molecule has 1 aliphatic heterocycles. The highest BCUT2D eigenvalue weighted by Gasteiger charge is 2.29. The van der Waals surface area contributed by atoms with Gasteiger partial charge in [0.15, 0.2) is 0 Å². The third-order valence-corrected chi connectivity index (χ3v) is 5.62. The molecule has 1 saturated carbocycles. The molecule has 0 unspecified atom stereocenters. The maximum absolute atomic E-state index is 12.6. The van der Waals surface area contributed by atoms with Crippen molar-refractivity contribution < 1.29 is 4.79 Å². The smallest absolute Gasteiger partial charge is 0.223 e. The fraction of sp³-hybridized carbons (Fsp3) is 0.500. The zero-order valence-corrected chi connectivity index (χ0v) is 15.5. The maximum atomic E-state index is 12.6. The lowest BCUT2D eigenvalue weighted by atomic mass is 10.0. The number of fused-ring (bicyclic) bond motifs is 1. The summed E-state index contributed by atoms with van der Waals surface area (Å²) in [6, 6.07) is 15.8. The number of nitrogens with one attached hydrogen (secondary N) is 1. The Hall–Kier alpha value is -1.91. The average Bonchev–Trinajstić information content (AvgIpc) is 3.52. The highest BCUT2D eigenvalue weighted by molar-refractivity contribution is 5.85. The Morgan fingerprint density at radius 1 is 1.08 bits per heavy atom. The molecule has 2 aromatic rings. The molecule has 0 spiro atoms. The van der Waals surface area contributed by atoms with Gasteiger partial charge in [-0.3, -0.25) is 9.69 Å². The van der Waals surface area contributed by atoms with Gasteiger partial charge < -0.3 is 10.2 Å². The van der Waals surface area contributed by atoms with Crippen molar-refractivity contribution in [3.63, 3.8) is 0 Å². The van der Waals surface area contributed by atoms with Crippen molar-refractivity contribution in [1.29, 1.82) is 0 Å². The van der Waals surface area contributed by atoms with E-state index in [0.29, 0.717) is 18.4 Å². The van der Waals surface area contributed by atoms with Crippen molar-refractivity contribution in [2.75, 3.05) is 32.7 Å². The molecular weight excluding hydrogens is 322 g/mol. The number of rotatable bonds is 6. The minimum absolute atomic E-state index is 0.317.